The van der Waals surface area contributed by atoms with Crippen molar-refractivity contribution in [3.8, 4) is 5.75 Å². The van der Waals surface area contributed by atoms with E-state index in [-0.39, 0.29) is 0 Å². The molecule has 0 aliphatic rings. The minimum absolute atomic E-state index is 0.321. The summed E-state index contributed by atoms with van der Waals surface area (Å²) in [6.07, 6.45) is 0.947. The maximum atomic E-state index is 5.88. The van der Waals surface area contributed by atoms with Crippen molar-refractivity contribution in [1.82, 2.24) is 15.1 Å². The first-order chi connectivity index (χ1) is 9.63. The van der Waals surface area contributed by atoms with Gasteiger partial charge in [0, 0.05) is 13.1 Å². The van der Waals surface area contributed by atoms with Gasteiger partial charge >= 0.3 is 0 Å². The Morgan fingerprint density at radius 1 is 1.35 bits per heavy atom. The molecule has 1 N–H and O–H groups in total. The summed E-state index contributed by atoms with van der Waals surface area (Å²) in [5.74, 6) is 0.892. The molecule has 1 unspecified atom stereocenters. The van der Waals surface area contributed by atoms with Gasteiger partial charge in [-0.2, -0.15) is 5.10 Å². The Balaban J connectivity index is 2.05. The monoisotopic (exact) mass is 273 g/mol. The number of aromatic nitrogens is 2. The van der Waals surface area contributed by atoms with Crippen LogP contribution in [0.3, 0.4) is 0 Å². The van der Waals surface area contributed by atoms with Crippen molar-refractivity contribution in [3.63, 3.8) is 0 Å². The third kappa shape index (κ3) is 3.39. The fraction of sp³-hybridized carbons (Fsp3) is 0.438. The Morgan fingerprint density at radius 2 is 2.15 bits per heavy atom. The highest BCUT2D eigenvalue weighted by Gasteiger charge is 2.06. The molecule has 0 aliphatic carbocycles. The van der Waals surface area contributed by atoms with Gasteiger partial charge in [0.25, 0.3) is 0 Å². The van der Waals surface area contributed by atoms with Gasteiger partial charge in [0.1, 0.15) is 12.4 Å². The summed E-state index contributed by atoms with van der Waals surface area (Å²) in [5, 5.41) is 7.66. The number of nitrogens with one attached hydrogen (secondary N) is 1. The van der Waals surface area contributed by atoms with E-state index < -0.39 is 0 Å². The van der Waals surface area contributed by atoms with Crippen LogP contribution in [0.15, 0.2) is 30.3 Å². The van der Waals surface area contributed by atoms with Gasteiger partial charge in [-0.15, -0.1) is 0 Å². The number of benzene rings is 1. The normalized spacial score (nSPS) is 12.4. The molecule has 0 aliphatic heterocycles. The van der Waals surface area contributed by atoms with Crippen molar-refractivity contribution < 1.29 is 4.74 Å². The lowest BCUT2D eigenvalue weighted by Crippen LogP contribution is -2.12. The first-order valence-electron chi connectivity index (χ1n) is 7.05. The molecule has 0 saturated carbocycles. The van der Waals surface area contributed by atoms with Gasteiger partial charge in [0.15, 0.2) is 0 Å². The highest BCUT2D eigenvalue weighted by Crippen LogP contribution is 2.19. The van der Waals surface area contributed by atoms with Crippen LogP contribution in [0.5, 0.6) is 5.75 Å². The zero-order valence-electron chi connectivity index (χ0n) is 12.7. The fourth-order valence-electron chi connectivity index (χ4n) is 2.08. The molecular formula is C16H23N3O. The lowest BCUT2D eigenvalue weighted by Gasteiger charge is -2.12. The number of aryl methyl sites for hydroxylation is 2. The fourth-order valence-corrected chi connectivity index (χ4v) is 2.08. The number of rotatable bonds is 6. The van der Waals surface area contributed by atoms with Crippen LogP contribution in [0.4, 0.5) is 0 Å². The second kappa shape index (κ2) is 6.57. The maximum Gasteiger partial charge on any atom is 0.130 e. The summed E-state index contributed by atoms with van der Waals surface area (Å²) in [4.78, 5) is 0. The lowest BCUT2D eigenvalue weighted by molar-refractivity contribution is 0.294. The summed E-state index contributed by atoms with van der Waals surface area (Å²) in [5.41, 5.74) is 3.42. The van der Waals surface area contributed by atoms with Crippen LogP contribution in [0.25, 0.3) is 0 Å². The second-order valence-electron chi connectivity index (χ2n) is 4.98. The van der Waals surface area contributed by atoms with Crippen LogP contribution < -0.4 is 10.1 Å². The third-order valence-electron chi connectivity index (χ3n) is 3.57. The number of hydrogen-bond acceptors (Lipinski definition) is 3. The molecule has 1 heterocycles. The van der Waals surface area contributed by atoms with Gasteiger partial charge in [-0.05, 0) is 44.2 Å². The van der Waals surface area contributed by atoms with Gasteiger partial charge in [-0.1, -0.05) is 19.1 Å². The van der Waals surface area contributed by atoms with Crippen molar-refractivity contribution >= 4 is 0 Å². The lowest BCUT2D eigenvalue weighted by atomic mass is 10.1. The van der Waals surface area contributed by atoms with E-state index in [4.69, 9.17) is 4.74 Å². The van der Waals surface area contributed by atoms with Gasteiger partial charge in [0.05, 0.1) is 11.4 Å². The summed E-state index contributed by atoms with van der Waals surface area (Å²) in [7, 11) is 3.91. The van der Waals surface area contributed by atoms with Gasteiger partial charge in [0.2, 0.25) is 0 Å². The standard InChI is InChI=1S/C16H23N3O/c1-5-14-10-15(19(4)18-14)11-20-16-8-6-7-13(9-16)12(2)17-3/h6-10,12,17H,5,11H2,1-4H3. The van der Waals surface area contributed by atoms with E-state index in [1.165, 1.54) is 5.56 Å². The van der Waals surface area contributed by atoms with Crippen LogP contribution in [-0.4, -0.2) is 16.8 Å². The highest BCUT2D eigenvalue weighted by molar-refractivity contribution is 5.30. The van der Waals surface area contributed by atoms with E-state index in [1.807, 2.05) is 30.9 Å². The molecule has 0 fully saturated rings. The largest absolute Gasteiger partial charge is 0.487 e. The molecule has 0 radical (unpaired) electrons. The van der Waals surface area contributed by atoms with E-state index in [9.17, 15) is 0 Å². The molecule has 0 bridgehead atoms. The predicted molar refractivity (Wildman–Crippen MR) is 80.8 cm³/mol. The van der Waals surface area contributed by atoms with Gasteiger partial charge < -0.3 is 10.1 Å². The Morgan fingerprint density at radius 3 is 2.80 bits per heavy atom. The topological polar surface area (TPSA) is 39.1 Å². The third-order valence-corrected chi connectivity index (χ3v) is 3.57. The summed E-state index contributed by atoms with van der Waals surface area (Å²) < 4.78 is 7.77. The Kier molecular flexibility index (Phi) is 4.79. The van der Waals surface area contributed by atoms with Crippen molar-refractivity contribution in [2.24, 2.45) is 7.05 Å². The zero-order chi connectivity index (χ0) is 14.5. The molecule has 4 nitrogen and oxygen atoms in total. The maximum absolute atomic E-state index is 5.88. The van der Waals surface area contributed by atoms with Gasteiger partial charge in [-0.3, -0.25) is 4.68 Å². The molecule has 0 amide bonds. The van der Waals surface area contributed by atoms with Crippen molar-refractivity contribution in [1.29, 1.82) is 0 Å². The van der Waals surface area contributed by atoms with Crippen LogP contribution in [0.2, 0.25) is 0 Å². The van der Waals surface area contributed by atoms with Crippen LogP contribution >= 0.6 is 0 Å². The van der Waals surface area contributed by atoms with Crippen LogP contribution in [-0.2, 0) is 20.1 Å². The van der Waals surface area contributed by atoms with Crippen molar-refractivity contribution in [2.45, 2.75) is 32.9 Å². The molecule has 2 aromatic rings. The van der Waals surface area contributed by atoms with Crippen LogP contribution in [0, 0.1) is 0 Å². The minimum atomic E-state index is 0.321. The molecule has 1 aromatic heterocycles. The number of hydrogen-bond donors (Lipinski definition) is 1. The number of ether oxygens (including phenoxy) is 1. The first kappa shape index (κ1) is 14.6. The molecule has 108 valence electrons. The Labute approximate surface area is 120 Å². The summed E-state index contributed by atoms with van der Waals surface area (Å²) >= 11 is 0. The molecule has 0 spiro atoms. The van der Waals surface area contributed by atoms with E-state index in [0.29, 0.717) is 12.6 Å². The van der Waals surface area contributed by atoms with Crippen molar-refractivity contribution in [3.05, 3.63) is 47.3 Å². The molecule has 0 saturated heterocycles. The quantitative estimate of drug-likeness (QED) is 0.879. The number of nitrogens with zero attached hydrogens (tertiary/aromatic N) is 2. The molecule has 1 aromatic carbocycles. The second-order valence-corrected chi connectivity index (χ2v) is 4.98. The SMILES string of the molecule is CCc1cc(COc2cccc(C(C)NC)c2)n(C)n1. The Bertz CT molecular complexity index is 563. The van der Waals surface area contributed by atoms with E-state index >= 15 is 0 Å². The molecule has 4 heteroatoms. The summed E-state index contributed by atoms with van der Waals surface area (Å²) in [6, 6.07) is 10.6. The highest BCUT2D eigenvalue weighted by atomic mass is 16.5. The van der Waals surface area contributed by atoms with E-state index in [0.717, 1.165) is 23.6 Å². The smallest absolute Gasteiger partial charge is 0.130 e. The Hall–Kier alpha value is -1.81. The first-order valence-corrected chi connectivity index (χ1v) is 7.05. The van der Waals surface area contributed by atoms with E-state index in [2.05, 4.69) is 42.5 Å². The molecular weight excluding hydrogens is 250 g/mol. The molecule has 2 rings (SSSR count). The van der Waals surface area contributed by atoms with Crippen LogP contribution in [0.1, 0.15) is 36.8 Å². The van der Waals surface area contributed by atoms with Gasteiger partial charge in [-0.25, -0.2) is 0 Å². The van der Waals surface area contributed by atoms with E-state index in [1.54, 1.807) is 0 Å². The molecule has 20 heavy (non-hydrogen) atoms. The summed E-state index contributed by atoms with van der Waals surface area (Å²) in [6.45, 7) is 4.78. The predicted octanol–water partition coefficient (Wildman–Crippen LogP) is 2.84. The molecule has 1 atom stereocenters. The minimum Gasteiger partial charge on any atom is -0.487 e. The average Bonchev–Trinajstić information content (AvgIpc) is 2.85. The van der Waals surface area contributed by atoms with Crippen molar-refractivity contribution in [2.75, 3.05) is 7.05 Å². The average molecular weight is 273 g/mol. The zero-order valence-corrected chi connectivity index (χ0v) is 12.7.